The summed E-state index contributed by atoms with van der Waals surface area (Å²) < 4.78 is 20.6. The number of hydrogen-bond donors (Lipinski definition) is 2. The highest BCUT2D eigenvalue weighted by Crippen LogP contribution is 2.19. The molecule has 3 rings (SSSR count). The number of aromatic nitrogens is 4. The molecule has 0 aliphatic carbocycles. The summed E-state index contributed by atoms with van der Waals surface area (Å²) in [5.41, 5.74) is 0.978. The minimum Gasteiger partial charge on any atom is -0.439 e. The van der Waals surface area contributed by atoms with Crippen LogP contribution < -0.4 is 15.4 Å². The number of ether oxygens (including phenoxy) is 1. The third-order valence-electron chi connectivity index (χ3n) is 4.17. The van der Waals surface area contributed by atoms with Gasteiger partial charge < -0.3 is 19.9 Å². The van der Waals surface area contributed by atoms with Crippen LogP contribution in [0.3, 0.4) is 0 Å². The van der Waals surface area contributed by atoms with Gasteiger partial charge in [-0.05, 0) is 29.8 Å². The predicted molar refractivity (Wildman–Crippen MR) is 124 cm³/mol. The summed E-state index contributed by atoms with van der Waals surface area (Å²) in [5.74, 6) is 2.34. The highest BCUT2D eigenvalue weighted by Gasteiger charge is 2.04. The third kappa shape index (κ3) is 6.94. The van der Waals surface area contributed by atoms with Crippen LogP contribution in [0.4, 0.5) is 4.39 Å². The molecule has 2 heterocycles. The number of pyridine rings is 1. The molecule has 0 radical (unpaired) electrons. The maximum Gasteiger partial charge on any atom is 0.219 e. The number of halogens is 2. The molecule has 0 saturated heterocycles. The Hall–Kier alpha value is -2.76. The second kappa shape index (κ2) is 12.1. The Morgan fingerprint density at radius 2 is 1.97 bits per heavy atom. The molecule has 2 aromatic heterocycles. The largest absolute Gasteiger partial charge is 0.439 e. The summed E-state index contributed by atoms with van der Waals surface area (Å²) in [6, 6.07) is 9.50. The van der Waals surface area contributed by atoms with Crippen molar-refractivity contribution in [3.8, 4) is 11.6 Å². The summed E-state index contributed by atoms with van der Waals surface area (Å²) in [6.07, 6.45) is 4.31. The van der Waals surface area contributed by atoms with Crippen molar-refractivity contribution >= 4 is 29.9 Å². The highest BCUT2D eigenvalue weighted by molar-refractivity contribution is 14.0. The van der Waals surface area contributed by atoms with Gasteiger partial charge in [0.2, 0.25) is 5.88 Å². The highest BCUT2D eigenvalue weighted by atomic mass is 127. The molecule has 0 aliphatic heterocycles. The number of guanidine groups is 1. The molecule has 0 saturated carbocycles. The quantitative estimate of drug-likeness (QED) is 0.267. The van der Waals surface area contributed by atoms with E-state index in [1.54, 1.807) is 37.8 Å². The molecular weight excluding hydrogens is 500 g/mol. The Labute approximate surface area is 192 Å². The molecule has 0 atom stereocenters. The van der Waals surface area contributed by atoms with E-state index in [0.29, 0.717) is 30.7 Å². The Morgan fingerprint density at radius 1 is 1.17 bits per heavy atom. The van der Waals surface area contributed by atoms with Gasteiger partial charge in [0.15, 0.2) is 5.96 Å². The van der Waals surface area contributed by atoms with Crippen molar-refractivity contribution in [2.24, 2.45) is 4.99 Å². The standard InChI is InChI=1S/C20H24FN7O.HI/c1-3-18-27-26-14-28(18)11-10-23-20(22-2)25-13-15-4-9-19(24-12-15)29-17-7-5-16(21)6-8-17;/h4-9,12,14H,3,10-11,13H2,1-2H3,(H2,22,23,25);1H. The topological polar surface area (TPSA) is 89.2 Å². The number of aryl methyl sites for hydroxylation is 1. The molecule has 3 aromatic rings. The maximum atomic E-state index is 12.9. The zero-order chi connectivity index (χ0) is 20.5. The summed E-state index contributed by atoms with van der Waals surface area (Å²) in [5, 5.41) is 14.5. The van der Waals surface area contributed by atoms with Crippen molar-refractivity contribution in [1.82, 2.24) is 30.4 Å². The molecule has 10 heteroatoms. The van der Waals surface area contributed by atoms with Crippen LogP contribution in [0.15, 0.2) is 53.9 Å². The molecule has 160 valence electrons. The lowest BCUT2D eigenvalue weighted by Crippen LogP contribution is -2.38. The monoisotopic (exact) mass is 525 g/mol. The Kier molecular flexibility index (Phi) is 9.45. The number of benzene rings is 1. The zero-order valence-electron chi connectivity index (χ0n) is 16.9. The molecule has 2 N–H and O–H groups in total. The van der Waals surface area contributed by atoms with Crippen molar-refractivity contribution in [2.75, 3.05) is 13.6 Å². The summed E-state index contributed by atoms with van der Waals surface area (Å²) in [6.45, 7) is 4.08. The molecular formula is C20H25FIN7O. The van der Waals surface area contributed by atoms with E-state index in [1.165, 1.54) is 12.1 Å². The average Bonchev–Trinajstić information content (AvgIpc) is 3.21. The zero-order valence-corrected chi connectivity index (χ0v) is 19.2. The second-order valence-corrected chi connectivity index (χ2v) is 6.21. The minimum atomic E-state index is -0.304. The van der Waals surface area contributed by atoms with Gasteiger partial charge in [-0.2, -0.15) is 0 Å². The van der Waals surface area contributed by atoms with Crippen LogP contribution in [-0.2, 0) is 19.5 Å². The van der Waals surface area contributed by atoms with E-state index in [9.17, 15) is 4.39 Å². The first-order valence-electron chi connectivity index (χ1n) is 9.37. The van der Waals surface area contributed by atoms with Crippen molar-refractivity contribution in [3.63, 3.8) is 0 Å². The first-order chi connectivity index (χ1) is 14.2. The van der Waals surface area contributed by atoms with E-state index < -0.39 is 0 Å². The van der Waals surface area contributed by atoms with Gasteiger partial charge in [-0.25, -0.2) is 9.37 Å². The van der Waals surface area contributed by atoms with Crippen LogP contribution in [0.25, 0.3) is 0 Å². The minimum absolute atomic E-state index is 0. The van der Waals surface area contributed by atoms with E-state index in [0.717, 1.165) is 24.4 Å². The predicted octanol–water partition coefficient (Wildman–Crippen LogP) is 3.15. The second-order valence-electron chi connectivity index (χ2n) is 6.21. The molecule has 0 aliphatic rings. The number of nitrogens with one attached hydrogen (secondary N) is 2. The van der Waals surface area contributed by atoms with E-state index in [2.05, 4.69) is 37.7 Å². The first-order valence-corrected chi connectivity index (χ1v) is 9.37. The first kappa shape index (κ1) is 23.5. The van der Waals surface area contributed by atoms with Gasteiger partial charge >= 0.3 is 0 Å². The fourth-order valence-electron chi connectivity index (χ4n) is 2.64. The SMILES string of the molecule is CCc1nncn1CCNC(=NC)NCc1ccc(Oc2ccc(F)cc2)nc1.I. The van der Waals surface area contributed by atoms with E-state index in [1.807, 2.05) is 10.6 Å². The van der Waals surface area contributed by atoms with E-state index in [-0.39, 0.29) is 29.8 Å². The summed E-state index contributed by atoms with van der Waals surface area (Å²) in [7, 11) is 1.73. The van der Waals surface area contributed by atoms with Crippen molar-refractivity contribution in [3.05, 3.63) is 66.1 Å². The van der Waals surface area contributed by atoms with E-state index in [4.69, 9.17) is 4.74 Å². The molecule has 30 heavy (non-hydrogen) atoms. The van der Waals surface area contributed by atoms with Crippen LogP contribution in [0.1, 0.15) is 18.3 Å². The van der Waals surface area contributed by atoms with Gasteiger partial charge in [0.05, 0.1) is 0 Å². The molecule has 0 spiro atoms. The normalized spacial score (nSPS) is 11.0. The molecule has 0 fully saturated rings. The van der Waals surface area contributed by atoms with Gasteiger partial charge in [-0.3, -0.25) is 4.99 Å². The molecule has 0 bridgehead atoms. The fourth-order valence-corrected chi connectivity index (χ4v) is 2.64. The lowest BCUT2D eigenvalue weighted by molar-refractivity contribution is 0.461. The lowest BCUT2D eigenvalue weighted by atomic mass is 10.3. The van der Waals surface area contributed by atoms with Crippen LogP contribution in [0.5, 0.6) is 11.6 Å². The number of nitrogens with zero attached hydrogens (tertiary/aromatic N) is 5. The molecule has 0 unspecified atom stereocenters. The smallest absolute Gasteiger partial charge is 0.219 e. The number of rotatable bonds is 8. The lowest BCUT2D eigenvalue weighted by Gasteiger charge is -2.13. The summed E-state index contributed by atoms with van der Waals surface area (Å²) >= 11 is 0. The average molecular weight is 525 g/mol. The van der Waals surface area contributed by atoms with Gasteiger partial charge in [0, 0.05) is 45.4 Å². The van der Waals surface area contributed by atoms with Crippen LogP contribution >= 0.6 is 24.0 Å². The van der Waals surface area contributed by atoms with Gasteiger partial charge in [-0.1, -0.05) is 13.0 Å². The molecule has 0 amide bonds. The van der Waals surface area contributed by atoms with Crippen molar-refractivity contribution < 1.29 is 9.13 Å². The van der Waals surface area contributed by atoms with E-state index >= 15 is 0 Å². The summed E-state index contributed by atoms with van der Waals surface area (Å²) in [4.78, 5) is 8.50. The number of hydrogen-bond acceptors (Lipinski definition) is 5. The van der Waals surface area contributed by atoms with Gasteiger partial charge in [0.1, 0.15) is 23.7 Å². The van der Waals surface area contributed by atoms with Crippen LogP contribution in [0.2, 0.25) is 0 Å². The van der Waals surface area contributed by atoms with Gasteiger partial charge in [0.25, 0.3) is 0 Å². The Morgan fingerprint density at radius 3 is 2.63 bits per heavy atom. The number of aliphatic imine (C=N–C) groups is 1. The van der Waals surface area contributed by atoms with Crippen molar-refractivity contribution in [2.45, 2.75) is 26.4 Å². The maximum absolute atomic E-state index is 12.9. The van der Waals surface area contributed by atoms with Crippen LogP contribution in [-0.4, -0.2) is 39.3 Å². The Balaban J connectivity index is 0.00000320. The fraction of sp³-hybridized carbons (Fsp3) is 0.300. The van der Waals surface area contributed by atoms with Crippen LogP contribution in [0, 0.1) is 5.82 Å². The Bertz CT molecular complexity index is 929. The van der Waals surface area contributed by atoms with Crippen molar-refractivity contribution in [1.29, 1.82) is 0 Å². The molecule has 8 nitrogen and oxygen atoms in total. The third-order valence-corrected chi connectivity index (χ3v) is 4.17. The van der Waals surface area contributed by atoms with Gasteiger partial charge in [-0.15, -0.1) is 34.2 Å². The molecule has 1 aromatic carbocycles.